The summed E-state index contributed by atoms with van der Waals surface area (Å²) in [4.78, 5) is 33.2. The zero-order valence-corrected chi connectivity index (χ0v) is 8.82. The zero-order valence-electron chi connectivity index (χ0n) is 8.82. The van der Waals surface area contributed by atoms with Crippen LogP contribution >= 0.6 is 0 Å². The number of esters is 2. The van der Waals surface area contributed by atoms with Crippen LogP contribution in [0.15, 0.2) is 12.7 Å². The minimum Gasteiger partial charge on any atom is -0.468 e. The quantitative estimate of drug-likeness (QED) is 0.365. The van der Waals surface area contributed by atoms with Crippen LogP contribution in [0.5, 0.6) is 0 Å². The number of ether oxygens (including phenoxy) is 2. The molecule has 84 valence electrons. The Bertz CT molecular complexity index is 253. The van der Waals surface area contributed by atoms with E-state index in [9.17, 15) is 14.4 Å². The maximum atomic E-state index is 11.2. The van der Waals surface area contributed by atoms with Crippen molar-refractivity contribution in [3.63, 3.8) is 0 Å². The lowest BCUT2D eigenvalue weighted by atomic mass is 10.0. The van der Waals surface area contributed by atoms with Crippen molar-refractivity contribution in [3.8, 4) is 0 Å². The highest BCUT2D eigenvalue weighted by molar-refractivity contribution is 5.96. The largest absolute Gasteiger partial charge is 0.468 e. The standard InChI is InChI=1S/C10H14O5/c1-4-7(11)5-6-8(9(12)14-2)10(13)15-3/h4,8H,1,5-6H2,2-3H3. The Morgan fingerprint density at radius 1 is 1.20 bits per heavy atom. The lowest BCUT2D eigenvalue weighted by Crippen LogP contribution is -2.27. The van der Waals surface area contributed by atoms with Crippen molar-refractivity contribution in [1.29, 1.82) is 0 Å². The summed E-state index contributed by atoms with van der Waals surface area (Å²) in [5.74, 6) is -2.66. The van der Waals surface area contributed by atoms with Crippen LogP contribution in [0.2, 0.25) is 0 Å². The van der Waals surface area contributed by atoms with E-state index >= 15 is 0 Å². The monoisotopic (exact) mass is 214 g/mol. The summed E-state index contributed by atoms with van der Waals surface area (Å²) < 4.78 is 8.85. The van der Waals surface area contributed by atoms with E-state index in [1.807, 2.05) is 0 Å². The predicted molar refractivity (Wildman–Crippen MR) is 52.0 cm³/mol. The van der Waals surface area contributed by atoms with Crippen LogP contribution in [0.3, 0.4) is 0 Å². The van der Waals surface area contributed by atoms with Gasteiger partial charge in [0, 0.05) is 6.42 Å². The Morgan fingerprint density at radius 3 is 2.00 bits per heavy atom. The Hall–Kier alpha value is -1.65. The summed E-state index contributed by atoms with van der Waals surface area (Å²) in [5, 5.41) is 0. The summed E-state index contributed by atoms with van der Waals surface area (Å²) in [6.45, 7) is 3.29. The topological polar surface area (TPSA) is 69.7 Å². The number of methoxy groups -OCH3 is 2. The zero-order chi connectivity index (χ0) is 11.8. The van der Waals surface area contributed by atoms with Crippen LogP contribution in [-0.4, -0.2) is 31.9 Å². The van der Waals surface area contributed by atoms with E-state index in [1.54, 1.807) is 0 Å². The molecule has 5 heteroatoms. The van der Waals surface area contributed by atoms with Crippen LogP contribution in [-0.2, 0) is 23.9 Å². The molecule has 5 nitrogen and oxygen atoms in total. The molecule has 0 aromatic heterocycles. The van der Waals surface area contributed by atoms with Gasteiger partial charge in [-0.2, -0.15) is 0 Å². The molecule has 0 saturated heterocycles. The van der Waals surface area contributed by atoms with Crippen LogP contribution in [0.4, 0.5) is 0 Å². The molecular formula is C10H14O5. The van der Waals surface area contributed by atoms with Gasteiger partial charge in [-0.3, -0.25) is 14.4 Å². The van der Waals surface area contributed by atoms with Gasteiger partial charge in [0.15, 0.2) is 11.7 Å². The maximum Gasteiger partial charge on any atom is 0.320 e. The summed E-state index contributed by atoms with van der Waals surface area (Å²) in [5.41, 5.74) is 0. The molecule has 0 spiro atoms. The highest BCUT2D eigenvalue weighted by Gasteiger charge is 2.28. The Labute approximate surface area is 88.0 Å². The first-order chi connectivity index (χ1) is 7.06. The molecule has 0 aliphatic carbocycles. The third-order valence-electron chi connectivity index (χ3n) is 1.88. The molecule has 0 saturated carbocycles. The highest BCUT2D eigenvalue weighted by Crippen LogP contribution is 2.11. The molecule has 0 heterocycles. The second-order valence-corrected chi connectivity index (χ2v) is 2.81. The molecule has 15 heavy (non-hydrogen) atoms. The van der Waals surface area contributed by atoms with E-state index in [2.05, 4.69) is 16.1 Å². The number of hydrogen-bond acceptors (Lipinski definition) is 5. The molecule has 0 aromatic carbocycles. The molecule has 0 N–H and O–H groups in total. The third-order valence-corrected chi connectivity index (χ3v) is 1.88. The SMILES string of the molecule is C=CC(=O)CCC(C(=O)OC)C(=O)OC. The van der Waals surface area contributed by atoms with Gasteiger partial charge in [0.05, 0.1) is 14.2 Å². The van der Waals surface area contributed by atoms with Crippen molar-refractivity contribution >= 4 is 17.7 Å². The third kappa shape index (κ3) is 4.39. The smallest absolute Gasteiger partial charge is 0.320 e. The van der Waals surface area contributed by atoms with Crippen LogP contribution < -0.4 is 0 Å². The van der Waals surface area contributed by atoms with Crippen LogP contribution in [0.25, 0.3) is 0 Å². The summed E-state index contributed by atoms with van der Waals surface area (Å²) in [7, 11) is 2.35. The average molecular weight is 214 g/mol. The first kappa shape index (κ1) is 13.4. The first-order valence-corrected chi connectivity index (χ1v) is 4.37. The van der Waals surface area contributed by atoms with Crippen molar-refractivity contribution in [2.24, 2.45) is 5.92 Å². The fraction of sp³-hybridized carbons (Fsp3) is 0.500. The first-order valence-electron chi connectivity index (χ1n) is 4.37. The van der Waals surface area contributed by atoms with E-state index in [0.717, 1.165) is 6.08 Å². The number of ketones is 1. The molecule has 0 unspecified atom stereocenters. The van der Waals surface area contributed by atoms with Crippen molar-refractivity contribution in [2.45, 2.75) is 12.8 Å². The average Bonchev–Trinajstić information content (AvgIpc) is 2.27. The molecule has 0 aliphatic rings. The van der Waals surface area contributed by atoms with Gasteiger partial charge in [0.2, 0.25) is 0 Å². The summed E-state index contributed by atoms with van der Waals surface area (Å²) in [6.07, 6.45) is 1.29. The number of carbonyl (C=O) groups excluding carboxylic acids is 3. The molecule has 0 rings (SSSR count). The Kier molecular flexibility index (Phi) is 6.01. The van der Waals surface area contributed by atoms with Gasteiger partial charge < -0.3 is 9.47 Å². The van der Waals surface area contributed by atoms with E-state index < -0.39 is 17.9 Å². The lowest BCUT2D eigenvalue weighted by Gasteiger charge is -2.10. The van der Waals surface area contributed by atoms with Crippen molar-refractivity contribution in [3.05, 3.63) is 12.7 Å². The molecule has 0 radical (unpaired) electrons. The highest BCUT2D eigenvalue weighted by atomic mass is 16.5. The molecule has 0 fully saturated rings. The van der Waals surface area contributed by atoms with E-state index in [-0.39, 0.29) is 18.6 Å². The van der Waals surface area contributed by atoms with Gasteiger partial charge >= 0.3 is 11.9 Å². The van der Waals surface area contributed by atoms with Gasteiger partial charge in [-0.25, -0.2) is 0 Å². The minimum atomic E-state index is -1.04. The van der Waals surface area contributed by atoms with Gasteiger partial charge in [-0.15, -0.1) is 0 Å². The van der Waals surface area contributed by atoms with Gasteiger partial charge in [-0.1, -0.05) is 6.58 Å². The van der Waals surface area contributed by atoms with Crippen molar-refractivity contribution < 1.29 is 23.9 Å². The molecule has 0 aliphatic heterocycles. The van der Waals surface area contributed by atoms with Crippen molar-refractivity contribution in [1.82, 2.24) is 0 Å². The minimum absolute atomic E-state index is 0.0678. The van der Waals surface area contributed by atoms with Gasteiger partial charge in [0.25, 0.3) is 0 Å². The number of hydrogen-bond donors (Lipinski definition) is 0. The van der Waals surface area contributed by atoms with Gasteiger partial charge in [0.1, 0.15) is 0 Å². The summed E-state index contributed by atoms with van der Waals surface area (Å²) >= 11 is 0. The fourth-order valence-corrected chi connectivity index (χ4v) is 1.01. The Balaban J connectivity index is 4.38. The maximum absolute atomic E-state index is 11.2. The second-order valence-electron chi connectivity index (χ2n) is 2.81. The second kappa shape index (κ2) is 6.75. The molecule has 0 bridgehead atoms. The predicted octanol–water partition coefficient (Wildman–Crippen LogP) is 0.484. The number of carbonyl (C=O) groups is 3. The lowest BCUT2D eigenvalue weighted by molar-refractivity contribution is -0.159. The fourth-order valence-electron chi connectivity index (χ4n) is 1.01. The van der Waals surface area contributed by atoms with Crippen molar-refractivity contribution in [2.75, 3.05) is 14.2 Å². The van der Waals surface area contributed by atoms with Crippen LogP contribution in [0, 0.1) is 5.92 Å². The summed E-state index contributed by atoms with van der Waals surface area (Å²) in [6, 6.07) is 0. The van der Waals surface area contributed by atoms with E-state index in [4.69, 9.17) is 0 Å². The number of allylic oxidation sites excluding steroid dienone is 1. The normalized spacial score (nSPS) is 9.53. The van der Waals surface area contributed by atoms with Crippen LogP contribution in [0.1, 0.15) is 12.8 Å². The number of rotatable bonds is 6. The molecular weight excluding hydrogens is 200 g/mol. The Morgan fingerprint density at radius 2 is 1.67 bits per heavy atom. The molecule has 0 amide bonds. The van der Waals surface area contributed by atoms with E-state index in [0.29, 0.717) is 0 Å². The van der Waals surface area contributed by atoms with Gasteiger partial charge in [-0.05, 0) is 12.5 Å². The molecule has 0 aromatic rings. The molecule has 0 atom stereocenters. The van der Waals surface area contributed by atoms with E-state index in [1.165, 1.54) is 14.2 Å².